The number of ketones is 1. The minimum atomic E-state index is -0.643. The summed E-state index contributed by atoms with van der Waals surface area (Å²) in [6.07, 6.45) is 6.08. The van der Waals surface area contributed by atoms with Crippen molar-refractivity contribution in [2.75, 3.05) is 23.3 Å². The van der Waals surface area contributed by atoms with Crippen molar-refractivity contribution >= 4 is 35.4 Å². The third kappa shape index (κ3) is 5.76. The van der Waals surface area contributed by atoms with Gasteiger partial charge in [-0.05, 0) is 69.7 Å². The molecular weight excluding hydrogens is 524 g/mol. The highest BCUT2D eigenvalue weighted by atomic mass is 16.2. The lowest BCUT2D eigenvalue weighted by atomic mass is 10.1. The molecule has 12 nitrogen and oxygen atoms in total. The Morgan fingerprint density at radius 1 is 1.10 bits per heavy atom. The van der Waals surface area contributed by atoms with Gasteiger partial charge in [0.1, 0.15) is 23.2 Å². The molecule has 3 aromatic heterocycles. The second kappa shape index (κ2) is 11.0. The fraction of sp³-hybridized carbons (Fsp3) is 0.379. The summed E-state index contributed by atoms with van der Waals surface area (Å²) in [5.41, 5.74) is 0.634. The van der Waals surface area contributed by atoms with Crippen LogP contribution in [0.2, 0.25) is 0 Å². The zero-order chi connectivity index (χ0) is 29.4. The molecule has 1 saturated heterocycles. The number of nitrogens with one attached hydrogen (secondary N) is 1. The smallest absolute Gasteiger partial charge is 0.332 e. The quantitative estimate of drug-likeness (QED) is 0.329. The number of carbonyl (C=O) groups is 2. The van der Waals surface area contributed by atoms with Gasteiger partial charge in [0.2, 0.25) is 0 Å². The number of piperidine rings is 1. The highest BCUT2D eigenvalue weighted by Crippen LogP contribution is 2.45. The Hall–Kier alpha value is -4.74. The summed E-state index contributed by atoms with van der Waals surface area (Å²) >= 11 is 0. The molecule has 1 amide bonds. The van der Waals surface area contributed by atoms with E-state index in [1.165, 1.54) is 38.1 Å². The Labute approximate surface area is 236 Å². The van der Waals surface area contributed by atoms with Crippen LogP contribution < -0.4 is 21.5 Å². The van der Waals surface area contributed by atoms with Gasteiger partial charge in [-0.3, -0.25) is 23.5 Å². The van der Waals surface area contributed by atoms with E-state index in [2.05, 4.69) is 30.2 Å². The van der Waals surface area contributed by atoms with E-state index in [1.54, 1.807) is 32.3 Å². The maximum Gasteiger partial charge on any atom is 0.332 e. The van der Waals surface area contributed by atoms with Gasteiger partial charge in [-0.1, -0.05) is 0 Å². The van der Waals surface area contributed by atoms with Gasteiger partial charge in [-0.2, -0.15) is 0 Å². The number of rotatable bonds is 8. The standard InChI is InChI=1S/C29H32N8O4/c1-16(11-32-26-19(4)28(40)37(13-17(2)38)29(41)35(26)5)18(3)27(39)34-23-8-9-30-25(33-23)20-6-7-24(31-12-20)36-14-21-10-22(21)15-36/h6-9,11-12,21-22H,10,13-15H2,1-5H3,(H,30,33,34,39)/b18-16-,32-11-. The molecule has 12 heteroatoms. The molecule has 1 aliphatic carbocycles. The highest BCUT2D eigenvalue weighted by molar-refractivity contribution is 6.06. The lowest BCUT2D eigenvalue weighted by molar-refractivity contribution is -0.117. The first kappa shape index (κ1) is 27.8. The van der Waals surface area contributed by atoms with Gasteiger partial charge < -0.3 is 10.2 Å². The summed E-state index contributed by atoms with van der Waals surface area (Å²) < 4.78 is 2.09. The maximum atomic E-state index is 13.0. The summed E-state index contributed by atoms with van der Waals surface area (Å²) in [4.78, 5) is 69.7. The first-order valence-corrected chi connectivity index (χ1v) is 13.4. The molecule has 212 valence electrons. The fourth-order valence-corrected chi connectivity index (χ4v) is 4.96. The van der Waals surface area contributed by atoms with Crippen molar-refractivity contribution in [3.8, 4) is 11.4 Å². The lowest BCUT2D eigenvalue weighted by Crippen LogP contribution is -2.41. The molecule has 5 rings (SSSR count). The normalized spacial score (nSPS) is 18.3. The average Bonchev–Trinajstić information content (AvgIpc) is 3.57. The number of hydrogen-bond donors (Lipinski definition) is 1. The Morgan fingerprint density at radius 3 is 2.49 bits per heavy atom. The van der Waals surface area contributed by atoms with Crippen LogP contribution in [0.1, 0.15) is 32.8 Å². The Kier molecular flexibility index (Phi) is 7.48. The van der Waals surface area contributed by atoms with E-state index in [1.807, 2.05) is 12.1 Å². The van der Waals surface area contributed by atoms with Crippen LogP contribution in [0.5, 0.6) is 0 Å². The molecule has 41 heavy (non-hydrogen) atoms. The van der Waals surface area contributed by atoms with E-state index in [0.717, 1.165) is 40.9 Å². The number of allylic oxidation sites excluding steroid dienone is 1. The molecule has 2 fully saturated rings. The fourth-order valence-electron chi connectivity index (χ4n) is 4.96. The van der Waals surface area contributed by atoms with Crippen LogP contribution in [0.15, 0.2) is 56.3 Å². The molecule has 1 saturated carbocycles. The number of hydrogen-bond acceptors (Lipinski definition) is 9. The van der Waals surface area contributed by atoms with Crippen LogP contribution in [0.25, 0.3) is 11.4 Å². The molecule has 0 radical (unpaired) electrons. The van der Waals surface area contributed by atoms with Crippen molar-refractivity contribution < 1.29 is 9.59 Å². The lowest BCUT2D eigenvalue weighted by Gasteiger charge is -2.18. The molecule has 1 aliphatic heterocycles. The van der Waals surface area contributed by atoms with Crippen LogP contribution in [0.3, 0.4) is 0 Å². The van der Waals surface area contributed by atoms with Crippen molar-refractivity contribution in [3.63, 3.8) is 0 Å². The zero-order valence-electron chi connectivity index (χ0n) is 23.7. The van der Waals surface area contributed by atoms with E-state index in [9.17, 15) is 19.2 Å². The SMILES string of the molecule is CC(=O)Cn1c(=O)c(C)c(/N=C\C(C)=C(\C)C(=O)Nc2ccnc(-c3ccc(N4CC5CC5C4)nc3)n2)n(C)c1=O. The second-order valence-electron chi connectivity index (χ2n) is 10.7. The van der Waals surface area contributed by atoms with Gasteiger partial charge in [0.25, 0.3) is 11.5 Å². The van der Waals surface area contributed by atoms with Crippen molar-refractivity contribution in [2.24, 2.45) is 23.9 Å². The van der Waals surface area contributed by atoms with Crippen LogP contribution in [-0.4, -0.2) is 55.1 Å². The average molecular weight is 557 g/mol. The summed E-state index contributed by atoms with van der Waals surface area (Å²) in [6, 6.07) is 5.52. The van der Waals surface area contributed by atoms with Crippen LogP contribution in [-0.2, 0) is 23.2 Å². The van der Waals surface area contributed by atoms with E-state index < -0.39 is 11.2 Å². The van der Waals surface area contributed by atoms with Crippen molar-refractivity contribution in [1.29, 1.82) is 0 Å². The Balaban J connectivity index is 1.29. The Bertz CT molecular complexity index is 1670. The summed E-state index contributed by atoms with van der Waals surface area (Å²) in [6.45, 7) is 8.01. The molecule has 1 N–H and O–H groups in total. The third-order valence-corrected chi connectivity index (χ3v) is 7.64. The predicted molar refractivity (Wildman–Crippen MR) is 156 cm³/mol. The second-order valence-corrected chi connectivity index (χ2v) is 10.7. The van der Waals surface area contributed by atoms with Gasteiger partial charge in [0.15, 0.2) is 5.82 Å². The van der Waals surface area contributed by atoms with E-state index in [-0.39, 0.29) is 29.6 Å². The summed E-state index contributed by atoms with van der Waals surface area (Å²) in [5.74, 6) is 2.83. The number of carbonyl (C=O) groups excluding carboxylic acids is 2. The number of Topliss-reactive ketones (excluding diaryl/α,β-unsaturated/α-hetero) is 1. The topological polar surface area (TPSA) is 144 Å². The molecule has 0 spiro atoms. The summed E-state index contributed by atoms with van der Waals surface area (Å²) in [7, 11) is 1.47. The van der Waals surface area contributed by atoms with Gasteiger partial charge in [-0.25, -0.2) is 24.7 Å². The molecule has 3 aromatic rings. The number of pyridine rings is 1. The van der Waals surface area contributed by atoms with Gasteiger partial charge in [0.05, 0.1) is 12.1 Å². The molecule has 4 heterocycles. The van der Waals surface area contributed by atoms with E-state index in [0.29, 0.717) is 22.8 Å². The first-order valence-electron chi connectivity index (χ1n) is 13.4. The number of aliphatic imine (C=N–C) groups is 1. The zero-order valence-corrected chi connectivity index (χ0v) is 23.7. The minimum Gasteiger partial charge on any atom is -0.356 e. The maximum absolute atomic E-state index is 13.0. The number of nitrogens with zero attached hydrogens (tertiary/aromatic N) is 7. The molecule has 2 aliphatic rings. The van der Waals surface area contributed by atoms with Crippen molar-refractivity contribution in [3.05, 3.63) is 68.1 Å². The third-order valence-electron chi connectivity index (χ3n) is 7.64. The van der Waals surface area contributed by atoms with Gasteiger partial charge in [0, 0.05) is 49.9 Å². The molecule has 0 aromatic carbocycles. The molecule has 0 bridgehead atoms. The van der Waals surface area contributed by atoms with Crippen LogP contribution in [0, 0.1) is 18.8 Å². The van der Waals surface area contributed by atoms with Gasteiger partial charge in [-0.15, -0.1) is 0 Å². The van der Waals surface area contributed by atoms with Crippen LogP contribution in [0.4, 0.5) is 17.5 Å². The monoisotopic (exact) mass is 556 g/mol. The number of amides is 1. The minimum absolute atomic E-state index is 0.147. The first-order chi connectivity index (χ1) is 19.5. The van der Waals surface area contributed by atoms with Crippen molar-refractivity contribution in [1.82, 2.24) is 24.1 Å². The number of anilines is 2. The predicted octanol–water partition coefficient (Wildman–Crippen LogP) is 2.43. The van der Waals surface area contributed by atoms with E-state index >= 15 is 0 Å². The largest absolute Gasteiger partial charge is 0.356 e. The number of aromatic nitrogens is 5. The molecule has 2 atom stereocenters. The molecular formula is C29H32N8O4. The van der Waals surface area contributed by atoms with Crippen molar-refractivity contribution in [2.45, 2.75) is 40.7 Å². The Morgan fingerprint density at radius 2 is 1.83 bits per heavy atom. The van der Waals surface area contributed by atoms with E-state index in [4.69, 9.17) is 0 Å². The highest BCUT2D eigenvalue weighted by Gasteiger charge is 2.45. The number of fused-ring (bicyclic) bond motifs is 1. The van der Waals surface area contributed by atoms with Gasteiger partial charge >= 0.3 is 5.69 Å². The van der Waals surface area contributed by atoms with Crippen LogP contribution >= 0.6 is 0 Å². The molecule has 2 unspecified atom stereocenters. The summed E-state index contributed by atoms with van der Waals surface area (Å²) in [5, 5.41) is 2.78.